The van der Waals surface area contributed by atoms with Crippen LogP contribution in [0.5, 0.6) is 5.75 Å². The van der Waals surface area contributed by atoms with Gasteiger partial charge in [-0.25, -0.2) is 0 Å². The second-order valence-electron chi connectivity index (χ2n) is 3.92. The summed E-state index contributed by atoms with van der Waals surface area (Å²) in [6.45, 7) is 0. The van der Waals surface area contributed by atoms with Crippen molar-refractivity contribution in [2.75, 3.05) is 14.2 Å². The molecule has 3 nitrogen and oxygen atoms in total. The summed E-state index contributed by atoms with van der Waals surface area (Å²) in [6.07, 6.45) is 0. The van der Waals surface area contributed by atoms with Gasteiger partial charge in [0.25, 0.3) is 0 Å². The Kier molecular flexibility index (Phi) is 4.12. The van der Waals surface area contributed by atoms with Crippen LogP contribution in [0.1, 0.15) is 17.2 Å². The Hall–Kier alpha value is -1.65. The maximum atomic E-state index is 8.25. The fourth-order valence-corrected chi connectivity index (χ4v) is 2.51. The summed E-state index contributed by atoms with van der Waals surface area (Å²) in [7, 11) is 3.52. The molecule has 4 heteroatoms. The molecule has 0 radical (unpaired) electrons. The smallest absolute Gasteiger partial charge is 0.118 e. The topological polar surface area (TPSA) is 45.1 Å². The van der Waals surface area contributed by atoms with E-state index in [9.17, 15) is 0 Å². The zero-order valence-corrected chi connectivity index (χ0v) is 11.3. The average molecular weight is 260 g/mol. The Morgan fingerprint density at radius 2 is 2.00 bits per heavy atom. The number of rotatable bonds is 5. The Balaban J connectivity index is 2.24. The highest BCUT2D eigenvalue weighted by Crippen LogP contribution is 2.22. The van der Waals surface area contributed by atoms with Gasteiger partial charge >= 0.3 is 0 Å². The minimum Gasteiger partial charge on any atom is -0.497 e. The van der Waals surface area contributed by atoms with Gasteiger partial charge in [0, 0.05) is 5.56 Å². The summed E-state index contributed by atoms with van der Waals surface area (Å²) in [4.78, 5) is 0. The summed E-state index contributed by atoms with van der Waals surface area (Å²) in [5.74, 6) is 0.829. The van der Waals surface area contributed by atoms with Crippen LogP contribution in [0.2, 0.25) is 0 Å². The van der Waals surface area contributed by atoms with Gasteiger partial charge in [-0.2, -0.15) is 11.3 Å². The molecule has 0 aliphatic rings. The Bertz CT molecular complexity index is 505. The van der Waals surface area contributed by atoms with Gasteiger partial charge in [0.1, 0.15) is 5.75 Å². The fraction of sp³-hybridized carbons (Fsp3) is 0.214. The number of hydrogen-bond donors (Lipinski definition) is 2. The van der Waals surface area contributed by atoms with E-state index in [-0.39, 0.29) is 6.04 Å². The molecule has 0 saturated carbocycles. The Morgan fingerprint density at radius 1 is 1.28 bits per heavy atom. The number of thiophene rings is 1. The molecule has 0 bridgehead atoms. The third-order valence-electron chi connectivity index (χ3n) is 2.86. The van der Waals surface area contributed by atoms with Gasteiger partial charge in [-0.05, 0) is 41.6 Å². The fourth-order valence-electron chi connectivity index (χ4n) is 1.86. The maximum Gasteiger partial charge on any atom is 0.118 e. The van der Waals surface area contributed by atoms with Crippen molar-refractivity contribution in [3.8, 4) is 5.75 Å². The molecule has 0 fully saturated rings. The summed E-state index contributed by atoms with van der Waals surface area (Å²) >= 11 is 1.61. The third kappa shape index (κ3) is 2.60. The summed E-state index contributed by atoms with van der Waals surface area (Å²) in [5, 5.41) is 15.4. The van der Waals surface area contributed by atoms with Crippen molar-refractivity contribution in [2.24, 2.45) is 0 Å². The Labute approximate surface area is 111 Å². The number of nitrogens with one attached hydrogen (secondary N) is 2. The standard InChI is InChI=1S/C14H16N2OS/c1-16-14(13(15)11-7-8-18-9-11)10-3-5-12(17-2)6-4-10/h3-9,14-16H,1-2H3. The first kappa shape index (κ1) is 12.8. The molecular weight excluding hydrogens is 244 g/mol. The largest absolute Gasteiger partial charge is 0.497 e. The van der Waals surface area contributed by atoms with E-state index < -0.39 is 0 Å². The summed E-state index contributed by atoms with van der Waals surface area (Å²) in [6, 6.07) is 9.69. The van der Waals surface area contributed by atoms with Crippen molar-refractivity contribution >= 4 is 17.0 Å². The molecule has 1 heterocycles. The van der Waals surface area contributed by atoms with Gasteiger partial charge in [-0.1, -0.05) is 12.1 Å². The second kappa shape index (κ2) is 5.80. The second-order valence-corrected chi connectivity index (χ2v) is 4.70. The Morgan fingerprint density at radius 3 is 2.50 bits per heavy atom. The monoisotopic (exact) mass is 260 g/mol. The molecule has 0 amide bonds. The van der Waals surface area contributed by atoms with Crippen LogP contribution in [0.4, 0.5) is 0 Å². The first-order valence-corrected chi connectivity index (χ1v) is 6.62. The quantitative estimate of drug-likeness (QED) is 0.811. The van der Waals surface area contributed by atoms with Gasteiger partial charge in [-0.3, -0.25) is 0 Å². The van der Waals surface area contributed by atoms with Crippen LogP contribution in [0, 0.1) is 5.41 Å². The molecule has 1 aromatic heterocycles. The first-order valence-electron chi connectivity index (χ1n) is 5.68. The predicted molar refractivity (Wildman–Crippen MR) is 75.9 cm³/mol. The maximum absolute atomic E-state index is 8.25. The van der Waals surface area contributed by atoms with E-state index in [4.69, 9.17) is 10.1 Å². The van der Waals surface area contributed by atoms with Crippen LogP contribution in [0.3, 0.4) is 0 Å². The summed E-state index contributed by atoms with van der Waals surface area (Å²) < 4.78 is 5.14. The van der Waals surface area contributed by atoms with Crippen LogP contribution in [-0.4, -0.2) is 19.9 Å². The zero-order valence-electron chi connectivity index (χ0n) is 10.4. The molecule has 1 aromatic carbocycles. The van der Waals surface area contributed by atoms with Gasteiger partial charge in [0.15, 0.2) is 0 Å². The molecule has 0 aliphatic heterocycles. The van der Waals surface area contributed by atoms with Crippen molar-refractivity contribution in [3.05, 3.63) is 52.2 Å². The van der Waals surface area contributed by atoms with Crippen LogP contribution in [0.15, 0.2) is 41.1 Å². The van der Waals surface area contributed by atoms with E-state index in [0.717, 1.165) is 16.9 Å². The molecule has 1 unspecified atom stereocenters. The van der Waals surface area contributed by atoms with Crippen molar-refractivity contribution in [1.29, 1.82) is 5.41 Å². The lowest BCUT2D eigenvalue weighted by Crippen LogP contribution is -2.25. The van der Waals surface area contributed by atoms with Gasteiger partial charge in [0.2, 0.25) is 0 Å². The lowest BCUT2D eigenvalue weighted by atomic mass is 9.98. The van der Waals surface area contributed by atoms with E-state index in [1.54, 1.807) is 18.4 Å². The van der Waals surface area contributed by atoms with E-state index in [1.165, 1.54) is 0 Å². The molecule has 18 heavy (non-hydrogen) atoms. The molecule has 2 N–H and O–H groups in total. The SMILES string of the molecule is CNC(C(=N)c1ccsc1)c1ccc(OC)cc1. The molecule has 94 valence electrons. The average Bonchev–Trinajstić information content (AvgIpc) is 2.94. The number of methoxy groups -OCH3 is 1. The minimum absolute atomic E-state index is 0.0921. The normalized spacial score (nSPS) is 12.1. The van der Waals surface area contributed by atoms with Crippen molar-refractivity contribution in [2.45, 2.75) is 6.04 Å². The van der Waals surface area contributed by atoms with Gasteiger partial charge < -0.3 is 15.5 Å². The number of ether oxygens (including phenoxy) is 1. The van der Waals surface area contributed by atoms with E-state index in [0.29, 0.717) is 5.71 Å². The highest BCUT2D eigenvalue weighted by atomic mass is 32.1. The van der Waals surface area contributed by atoms with Crippen LogP contribution >= 0.6 is 11.3 Å². The lowest BCUT2D eigenvalue weighted by molar-refractivity contribution is 0.414. The highest BCUT2D eigenvalue weighted by Gasteiger charge is 2.16. The van der Waals surface area contributed by atoms with E-state index in [2.05, 4.69) is 5.32 Å². The molecule has 2 rings (SSSR count). The highest BCUT2D eigenvalue weighted by molar-refractivity contribution is 7.08. The van der Waals surface area contributed by atoms with Crippen molar-refractivity contribution in [3.63, 3.8) is 0 Å². The van der Waals surface area contributed by atoms with E-state index in [1.807, 2.05) is 48.1 Å². The number of benzene rings is 1. The molecule has 1 atom stereocenters. The van der Waals surface area contributed by atoms with E-state index >= 15 is 0 Å². The molecule has 2 aromatic rings. The minimum atomic E-state index is -0.0921. The van der Waals surface area contributed by atoms with Crippen LogP contribution in [-0.2, 0) is 0 Å². The molecular formula is C14H16N2OS. The predicted octanol–water partition coefficient (Wildman–Crippen LogP) is 3.09. The van der Waals surface area contributed by atoms with Crippen molar-refractivity contribution < 1.29 is 4.74 Å². The summed E-state index contributed by atoms with van der Waals surface area (Å²) in [5.41, 5.74) is 2.62. The molecule has 0 spiro atoms. The van der Waals surface area contributed by atoms with Crippen LogP contribution < -0.4 is 10.1 Å². The number of hydrogen-bond acceptors (Lipinski definition) is 4. The van der Waals surface area contributed by atoms with Crippen molar-refractivity contribution in [1.82, 2.24) is 5.32 Å². The molecule has 0 aliphatic carbocycles. The van der Waals surface area contributed by atoms with Gasteiger partial charge in [-0.15, -0.1) is 0 Å². The van der Waals surface area contributed by atoms with Crippen LogP contribution in [0.25, 0.3) is 0 Å². The zero-order chi connectivity index (χ0) is 13.0. The first-order chi connectivity index (χ1) is 8.76. The van der Waals surface area contributed by atoms with Gasteiger partial charge in [0.05, 0.1) is 18.9 Å². The third-order valence-corrected chi connectivity index (χ3v) is 3.54. The lowest BCUT2D eigenvalue weighted by Gasteiger charge is -2.17. The molecule has 0 saturated heterocycles. The number of likely N-dealkylation sites (N-methyl/N-ethyl adjacent to an activating group) is 1.